The van der Waals surface area contributed by atoms with Crippen molar-refractivity contribution in [2.24, 2.45) is 0 Å². The van der Waals surface area contributed by atoms with Crippen LogP contribution in [0.4, 0.5) is 11.4 Å². The Kier molecular flexibility index (Phi) is 4.45. The molecule has 0 aliphatic heterocycles. The van der Waals surface area contributed by atoms with Crippen LogP contribution in [0.2, 0.25) is 0 Å². The summed E-state index contributed by atoms with van der Waals surface area (Å²) in [6, 6.07) is 19.3. The zero-order valence-corrected chi connectivity index (χ0v) is 14.7. The zero-order chi connectivity index (χ0) is 17.1. The van der Waals surface area contributed by atoms with Gasteiger partial charge in [0.05, 0.1) is 5.75 Å². The topological polar surface area (TPSA) is 63.4 Å². The summed E-state index contributed by atoms with van der Waals surface area (Å²) in [5, 5.41) is 12.1. The first-order valence-electron chi connectivity index (χ1n) is 7.54. The normalized spacial score (nSPS) is 10.9. The Bertz CT molecular complexity index is 916. The molecule has 4 aromatic rings. The highest BCUT2D eigenvalue weighted by molar-refractivity contribution is 8.01. The van der Waals surface area contributed by atoms with E-state index in [1.165, 1.54) is 23.1 Å². The van der Waals surface area contributed by atoms with Gasteiger partial charge in [0.15, 0.2) is 4.34 Å². The number of fused-ring (bicyclic) bond motifs is 1. The van der Waals surface area contributed by atoms with E-state index in [1.807, 2.05) is 60.7 Å². The van der Waals surface area contributed by atoms with E-state index in [1.54, 1.807) is 15.7 Å². The van der Waals surface area contributed by atoms with Crippen LogP contribution in [0.25, 0.3) is 4.96 Å². The van der Waals surface area contributed by atoms with E-state index in [0.29, 0.717) is 0 Å². The van der Waals surface area contributed by atoms with Crippen LogP contribution in [-0.2, 0) is 4.79 Å². The predicted octanol–water partition coefficient (Wildman–Crippen LogP) is 3.64. The minimum Gasteiger partial charge on any atom is -0.280 e. The third-order valence-electron chi connectivity index (χ3n) is 3.47. The summed E-state index contributed by atoms with van der Waals surface area (Å²) in [6.45, 7) is 0. The standard InChI is InChI=1S/C17H13N5OS2/c23-15(11-24-17-20-21-12-18-19-16(21)25-17)22(13-7-3-1-4-8-13)14-9-5-2-6-10-14/h1-10,12H,11H2. The first-order valence-corrected chi connectivity index (χ1v) is 9.34. The zero-order valence-electron chi connectivity index (χ0n) is 13.0. The first kappa shape index (κ1) is 15.8. The van der Waals surface area contributed by atoms with Gasteiger partial charge in [0.2, 0.25) is 10.9 Å². The highest BCUT2D eigenvalue weighted by Crippen LogP contribution is 2.28. The number of anilines is 2. The van der Waals surface area contributed by atoms with Gasteiger partial charge in [0.25, 0.3) is 0 Å². The third-order valence-corrected chi connectivity index (χ3v) is 5.50. The Balaban J connectivity index is 1.56. The van der Waals surface area contributed by atoms with Gasteiger partial charge in [-0.05, 0) is 24.3 Å². The number of carbonyl (C=O) groups excluding carboxylic acids is 1. The Morgan fingerprint density at radius 3 is 2.28 bits per heavy atom. The summed E-state index contributed by atoms with van der Waals surface area (Å²) >= 11 is 2.82. The molecular weight excluding hydrogens is 354 g/mol. The molecule has 0 unspecified atom stereocenters. The van der Waals surface area contributed by atoms with Crippen LogP contribution >= 0.6 is 23.1 Å². The average Bonchev–Trinajstić information content (AvgIpc) is 3.24. The lowest BCUT2D eigenvalue weighted by molar-refractivity contribution is -0.115. The van der Waals surface area contributed by atoms with Crippen molar-refractivity contribution in [3.05, 3.63) is 67.0 Å². The van der Waals surface area contributed by atoms with Crippen molar-refractivity contribution in [3.8, 4) is 0 Å². The van der Waals surface area contributed by atoms with E-state index in [0.717, 1.165) is 20.7 Å². The summed E-state index contributed by atoms with van der Waals surface area (Å²) in [5.74, 6) is 0.279. The maximum absolute atomic E-state index is 12.9. The van der Waals surface area contributed by atoms with Gasteiger partial charge in [-0.3, -0.25) is 9.69 Å². The molecule has 25 heavy (non-hydrogen) atoms. The molecule has 4 rings (SSSR count). The fourth-order valence-corrected chi connectivity index (χ4v) is 4.09. The molecule has 124 valence electrons. The summed E-state index contributed by atoms with van der Waals surface area (Å²) in [6.07, 6.45) is 1.55. The maximum Gasteiger partial charge on any atom is 0.241 e. The van der Waals surface area contributed by atoms with Crippen molar-refractivity contribution >= 4 is 45.3 Å². The highest BCUT2D eigenvalue weighted by atomic mass is 32.2. The van der Waals surface area contributed by atoms with Gasteiger partial charge in [-0.2, -0.15) is 4.52 Å². The van der Waals surface area contributed by atoms with E-state index < -0.39 is 0 Å². The summed E-state index contributed by atoms with van der Waals surface area (Å²) in [5.41, 5.74) is 1.69. The molecule has 0 spiro atoms. The summed E-state index contributed by atoms with van der Waals surface area (Å²) in [7, 11) is 0. The van der Waals surface area contributed by atoms with Crippen molar-refractivity contribution in [3.63, 3.8) is 0 Å². The van der Waals surface area contributed by atoms with E-state index in [9.17, 15) is 4.79 Å². The Hall–Kier alpha value is -2.71. The largest absolute Gasteiger partial charge is 0.280 e. The van der Waals surface area contributed by atoms with Crippen LogP contribution in [0.15, 0.2) is 71.3 Å². The van der Waals surface area contributed by atoms with Gasteiger partial charge in [-0.25, -0.2) is 0 Å². The molecule has 0 bridgehead atoms. The molecule has 2 aromatic heterocycles. The second kappa shape index (κ2) is 7.04. The van der Waals surface area contributed by atoms with Crippen molar-refractivity contribution in [2.45, 2.75) is 4.34 Å². The molecule has 0 aliphatic rings. The van der Waals surface area contributed by atoms with Gasteiger partial charge in [0, 0.05) is 11.4 Å². The lowest BCUT2D eigenvalue weighted by atomic mass is 10.2. The molecule has 0 aliphatic carbocycles. The number of benzene rings is 2. The second-order valence-electron chi connectivity index (χ2n) is 5.11. The smallest absolute Gasteiger partial charge is 0.241 e. The fourth-order valence-electron chi connectivity index (χ4n) is 2.38. The summed E-state index contributed by atoms with van der Waals surface area (Å²) < 4.78 is 2.41. The van der Waals surface area contributed by atoms with Crippen molar-refractivity contribution in [1.82, 2.24) is 19.8 Å². The van der Waals surface area contributed by atoms with Crippen LogP contribution in [0, 0.1) is 0 Å². The van der Waals surface area contributed by atoms with E-state index in [-0.39, 0.29) is 11.7 Å². The lowest BCUT2D eigenvalue weighted by Crippen LogP contribution is -2.27. The Morgan fingerprint density at radius 1 is 1.04 bits per heavy atom. The van der Waals surface area contributed by atoms with E-state index >= 15 is 0 Å². The number of amides is 1. The van der Waals surface area contributed by atoms with Gasteiger partial charge >= 0.3 is 0 Å². The second-order valence-corrected chi connectivity index (χ2v) is 7.29. The van der Waals surface area contributed by atoms with Crippen molar-refractivity contribution in [2.75, 3.05) is 10.7 Å². The molecular formula is C17H13N5OS2. The third kappa shape index (κ3) is 3.40. The minimum atomic E-state index is -0.00614. The number of thioether (sulfide) groups is 1. The van der Waals surface area contributed by atoms with Crippen LogP contribution in [-0.4, -0.2) is 31.5 Å². The molecule has 6 nitrogen and oxygen atoms in total. The minimum absolute atomic E-state index is 0.00614. The van der Waals surface area contributed by atoms with Crippen LogP contribution in [0.1, 0.15) is 0 Å². The predicted molar refractivity (Wildman–Crippen MR) is 99.4 cm³/mol. The molecule has 0 atom stereocenters. The molecule has 2 heterocycles. The highest BCUT2D eigenvalue weighted by Gasteiger charge is 2.19. The Morgan fingerprint density at radius 2 is 1.68 bits per heavy atom. The molecule has 0 N–H and O–H groups in total. The maximum atomic E-state index is 12.9. The van der Waals surface area contributed by atoms with Crippen LogP contribution in [0.5, 0.6) is 0 Å². The van der Waals surface area contributed by atoms with E-state index in [2.05, 4.69) is 15.3 Å². The number of rotatable bonds is 5. The number of hydrogen-bond acceptors (Lipinski definition) is 6. The molecule has 0 fully saturated rings. The summed E-state index contributed by atoms with van der Waals surface area (Å²) in [4.78, 5) is 15.4. The average molecular weight is 367 g/mol. The molecule has 0 saturated carbocycles. The van der Waals surface area contributed by atoms with Crippen LogP contribution < -0.4 is 4.90 Å². The van der Waals surface area contributed by atoms with Crippen LogP contribution in [0.3, 0.4) is 0 Å². The molecule has 8 heteroatoms. The van der Waals surface area contributed by atoms with Gasteiger partial charge in [-0.1, -0.05) is 59.5 Å². The number of nitrogens with zero attached hydrogens (tertiary/aromatic N) is 5. The van der Waals surface area contributed by atoms with Gasteiger partial charge in [-0.15, -0.1) is 15.3 Å². The lowest BCUT2D eigenvalue weighted by Gasteiger charge is -2.22. The molecule has 0 radical (unpaired) electrons. The van der Waals surface area contributed by atoms with Crippen molar-refractivity contribution < 1.29 is 4.79 Å². The SMILES string of the molecule is O=C(CSc1nn2cnnc2s1)N(c1ccccc1)c1ccccc1. The number of aromatic nitrogens is 4. The van der Waals surface area contributed by atoms with Crippen molar-refractivity contribution in [1.29, 1.82) is 0 Å². The quantitative estimate of drug-likeness (QED) is 0.504. The Labute approximate surface area is 152 Å². The molecule has 2 aromatic carbocycles. The first-order chi connectivity index (χ1) is 12.3. The number of hydrogen-bond donors (Lipinski definition) is 0. The van der Waals surface area contributed by atoms with Gasteiger partial charge < -0.3 is 0 Å². The van der Waals surface area contributed by atoms with Gasteiger partial charge in [0.1, 0.15) is 6.33 Å². The monoisotopic (exact) mass is 367 g/mol. The number of para-hydroxylation sites is 2. The van der Waals surface area contributed by atoms with E-state index in [4.69, 9.17) is 0 Å². The fraction of sp³-hybridized carbons (Fsp3) is 0.0588. The number of carbonyl (C=O) groups is 1. The molecule has 0 saturated heterocycles. The molecule has 1 amide bonds.